The number of hydrogen-bond acceptors (Lipinski definition) is 3. The molecule has 0 bridgehead atoms. The first-order valence-electron chi connectivity index (χ1n) is 12.0. The van der Waals surface area contributed by atoms with Crippen LogP contribution in [0.4, 0.5) is 0 Å². The van der Waals surface area contributed by atoms with Gasteiger partial charge in [0.1, 0.15) is 5.75 Å². The van der Waals surface area contributed by atoms with Gasteiger partial charge < -0.3 is 10.0 Å². The van der Waals surface area contributed by atoms with E-state index < -0.39 is 0 Å². The Morgan fingerprint density at radius 1 is 1.21 bits per heavy atom. The van der Waals surface area contributed by atoms with Crippen LogP contribution in [0.1, 0.15) is 70.9 Å². The monoisotopic (exact) mass is 398 g/mol. The van der Waals surface area contributed by atoms with Crippen molar-refractivity contribution in [3.05, 3.63) is 29.3 Å². The quantitative estimate of drug-likeness (QED) is 0.725. The molecule has 1 aromatic carbocycles. The van der Waals surface area contributed by atoms with E-state index >= 15 is 0 Å². The second-order valence-corrected chi connectivity index (χ2v) is 10.8. The van der Waals surface area contributed by atoms with E-state index in [4.69, 9.17) is 0 Å². The summed E-state index contributed by atoms with van der Waals surface area (Å²) in [6.07, 6.45) is 7.69. The van der Waals surface area contributed by atoms with E-state index in [1.165, 1.54) is 56.3 Å². The van der Waals surface area contributed by atoms with Crippen molar-refractivity contribution < 1.29 is 5.11 Å². The van der Waals surface area contributed by atoms with E-state index in [1.54, 1.807) is 0 Å². The number of likely N-dealkylation sites (tertiary alicyclic amines) is 1. The predicted octanol–water partition coefficient (Wildman–Crippen LogP) is 5.06. The largest absolute Gasteiger partial charge is 0.508 e. The van der Waals surface area contributed by atoms with Gasteiger partial charge in [0.25, 0.3) is 0 Å². The topological polar surface area (TPSA) is 26.7 Å². The van der Waals surface area contributed by atoms with Gasteiger partial charge in [-0.1, -0.05) is 19.9 Å². The molecule has 5 atom stereocenters. The lowest BCUT2D eigenvalue weighted by molar-refractivity contribution is -0.0457. The Balaban J connectivity index is 1.84. The molecule has 0 aromatic heterocycles. The lowest BCUT2D eigenvalue weighted by Crippen LogP contribution is -2.63. The predicted molar refractivity (Wildman–Crippen MR) is 122 cm³/mol. The molecular weight excluding hydrogens is 356 g/mol. The number of piperidine rings is 1. The molecule has 1 N–H and O–H groups in total. The average molecular weight is 399 g/mol. The van der Waals surface area contributed by atoms with Crippen LogP contribution >= 0.6 is 0 Å². The second-order valence-electron chi connectivity index (χ2n) is 10.8. The molecule has 2 saturated carbocycles. The van der Waals surface area contributed by atoms with Gasteiger partial charge in [-0.3, -0.25) is 4.90 Å². The van der Waals surface area contributed by atoms with Crippen LogP contribution in [0, 0.1) is 17.3 Å². The zero-order valence-corrected chi connectivity index (χ0v) is 19.5. The fourth-order valence-electron chi connectivity index (χ4n) is 7.14. The summed E-state index contributed by atoms with van der Waals surface area (Å²) in [7, 11) is 4.48. The molecule has 2 aliphatic carbocycles. The molecule has 1 heterocycles. The van der Waals surface area contributed by atoms with Crippen molar-refractivity contribution >= 4 is 0 Å². The highest BCUT2D eigenvalue weighted by Gasteiger charge is 2.64. The van der Waals surface area contributed by atoms with Crippen LogP contribution in [0.25, 0.3) is 0 Å². The average Bonchev–Trinajstić information content (AvgIpc) is 3.45. The number of fused-ring (bicyclic) bond motifs is 1. The highest BCUT2D eigenvalue weighted by Crippen LogP contribution is 2.65. The molecule has 3 nitrogen and oxygen atoms in total. The molecule has 162 valence electrons. The van der Waals surface area contributed by atoms with Gasteiger partial charge in [-0.15, -0.1) is 0 Å². The minimum Gasteiger partial charge on any atom is -0.508 e. The van der Waals surface area contributed by atoms with Crippen molar-refractivity contribution in [2.75, 3.05) is 27.2 Å². The van der Waals surface area contributed by atoms with Crippen molar-refractivity contribution in [2.24, 2.45) is 17.3 Å². The first-order chi connectivity index (χ1) is 13.7. The third kappa shape index (κ3) is 3.24. The highest BCUT2D eigenvalue weighted by atomic mass is 16.3. The summed E-state index contributed by atoms with van der Waals surface area (Å²) in [5.41, 5.74) is 3.28. The summed E-state index contributed by atoms with van der Waals surface area (Å²) in [6, 6.07) is 7.34. The number of nitrogens with zero attached hydrogens (tertiary/aromatic N) is 2. The number of aryl methyl sites for hydroxylation is 1. The lowest BCUT2D eigenvalue weighted by atomic mass is 9.51. The van der Waals surface area contributed by atoms with E-state index in [2.05, 4.69) is 63.7 Å². The van der Waals surface area contributed by atoms with Gasteiger partial charge >= 0.3 is 0 Å². The minimum absolute atomic E-state index is 0.139. The van der Waals surface area contributed by atoms with Gasteiger partial charge in [0.2, 0.25) is 0 Å². The van der Waals surface area contributed by atoms with E-state index in [0.717, 1.165) is 12.3 Å². The summed E-state index contributed by atoms with van der Waals surface area (Å²) >= 11 is 0. The standard InChI is InChI=1S/C26H42N2O/c1-7-21-10-11-22(29)16-24(21)26-14-15-28(17-20-8-9-20)19(3)25(26,4)13-12-23(26)18(2)27(5)6/h10-11,16,18-20,23,29H,7-9,12-15,17H2,1-6H3. The van der Waals surface area contributed by atoms with Gasteiger partial charge in [-0.25, -0.2) is 0 Å². The SMILES string of the molecule is CCc1ccc(O)cc1C12CCN(CC3CC3)C(C)C1(C)CCC2C(C)N(C)C. The first-order valence-corrected chi connectivity index (χ1v) is 12.0. The van der Waals surface area contributed by atoms with Crippen LogP contribution in [0.15, 0.2) is 18.2 Å². The maximum absolute atomic E-state index is 10.5. The minimum atomic E-state index is 0.139. The van der Waals surface area contributed by atoms with Gasteiger partial charge in [-0.2, -0.15) is 0 Å². The zero-order chi connectivity index (χ0) is 21.0. The molecule has 1 saturated heterocycles. The normalized spacial score (nSPS) is 36.4. The fraction of sp³-hybridized carbons (Fsp3) is 0.769. The molecule has 29 heavy (non-hydrogen) atoms. The molecule has 4 rings (SSSR count). The molecule has 5 unspecified atom stereocenters. The molecule has 1 aliphatic heterocycles. The number of benzene rings is 1. The van der Waals surface area contributed by atoms with Crippen molar-refractivity contribution in [2.45, 2.75) is 83.7 Å². The van der Waals surface area contributed by atoms with E-state index in [9.17, 15) is 5.11 Å². The maximum Gasteiger partial charge on any atom is 0.115 e. The Labute approximate surface area is 178 Å². The summed E-state index contributed by atoms with van der Waals surface area (Å²) in [4.78, 5) is 5.24. The van der Waals surface area contributed by atoms with Crippen LogP contribution < -0.4 is 0 Å². The summed E-state index contributed by atoms with van der Waals surface area (Å²) in [5, 5.41) is 10.5. The molecule has 0 amide bonds. The summed E-state index contributed by atoms with van der Waals surface area (Å²) in [5.74, 6) is 2.00. The number of aromatic hydroxyl groups is 1. The molecule has 0 spiro atoms. The van der Waals surface area contributed by atoms with E-state index in [1.807, 2.05) is 6.07 Å². The Kier molecular flexibility index (Phi) is 5.53. The Morgan fingerprint density at radius 2 is 1.93 bits per heavy atom. The molecule has 0 radical (unpaired) electrons. The van der Waals surface area contributed by atoms with Gasteiger partial charge in [0, 0.05) is 24.0 Å². The Hall–Kier alpha value is -1.06. The van der Waals surface area contributed by atoms with Crippen molar-refractivity contribution in [1.29, 1.82) is 0 Å². The number of phenols is 1. The van der Waals surface area contributed by atoms with Crippen LogP contribution in [0.3, 0.4) is 0 Å². The highest BCUT2D eigenvalue weighted by molar-refractivity contribution is 5.45. The van der Waals surface area contributed by atoms with Crippen molar-refractivity contribution in [1.82, 2.24) is 9.80 Å². The molecule has 3 aliphatic rings. The van der Waals surface area contributed by atoms with Gasteiger partial charge in [-0.05, 0) is 114 Å². The number of rotatable bonds is 6. The number of phenolic OH excluding ortho intramolecular Hbond substituents is 1. The van der Waals surface area contributed by atoms with Gasteiger partial charge in [0.15, 0.2) is 0 Å². The zero-order valence-electron chi connectivity index (χ0n) is 19.5. The van der Waals surface area contributed by atoms with Crippen molar-refractivity contribution in [3.63, 3.8) is 0 Å². The van der Waals surface area contributed by atoms with E-state index in [-0.39, 0.29) is 10.8 Å². The summed E-state index contributed by atoms with van der Waals surface area (Å²) in [6.45, 7) is 12.3. The fourth-order valence-corrected chi connectivity index (χ4v) is 7.14. The second kappa shape index (κ2) is 7.57. The Bertz CT molecular complexity index is 742. The van der Waals surface area contributed by atoms with Crippen LogP contribution in [0.5, 0.6) is 5.75 Å². The smallest absolute Gasteiger partial charge is 0.115 e. The third-order valence-corrected chi connectivity index (χ3v) is 9.43. The maximum atomic E-state index is 10.5. The molecule has 3 heteroatoms. The molecular formula is C26H42N2O. The lowest BCUT2D eigenvalue weighted by Gasteiger charge is -2.59. The summed E-state index contributed by atoms with van der Waals surface area (Å²) < 4.78 is 0. The first kappa shape index (κ1) is 21.2. The molecule has 1 aromatic rings. The van der Waals surface area contributed by atoms with Crippen LogP contribution in [-0.2, 0) is 11.8 Å². The van der Waals surface area contributed by atoms with Gasteiger partial charge in [0.05, 0.1) is 0 Å². The number of hydrogen-bond donors (Lipinski definition) is 1. The molecule has 3 fully saturated rings. The third-order valence-electron chi connectivity index (χ3n) is 9.43. The Morgan fingerprint density at radius 3 is 2.55 bits per heavy atom. The van der Waals surface area contributed by atoms with Crippen LogP contribution in [-0.4, -0.2) is 54.2 Å². The van der Waals surface area contributed by atoms with E-state index in [0.29, 0.717) is 23.8 Å². The van der Waals surface area contributed by atoms with Crippen LogP contribution in [0.2, 0.25) is 0 Å². The van der Waals surface area contributed by atoms with Crippen molar-refractivity contribution in [3.8, 4) is 5.75 Å².